The minimum Gasteiger partial charge on any atom is -0.496 e. The van der Waals surface area contributed by atoms with Gasteiger partial charge in [-0.15, -0.1) is 0 Å². The summed E-state index contributed by atoms with van der Waals surface area (Å²) in [6, 6.07) is 3.46. The van der Waals surface area contributed by atoms with E-state index >= 15 is 0 Å². The Kier molecular flexibility index (Phi) is 6.81. The minimum atomic E-state index is -0.211. The van der Waals surface area contributed by atoms with Crippen LogP contribution in [0.25, 0.3) is 0 Å². The van der Waals surface area contributed by atoms with E-state index in [1.165, 1.54) is 21.3 Å². The Morgan fingerprint density at radius 2 is 1.67 bits per heavy atom. The van der Waals surface area contributed by atoms with Crippen molar-refractivity contribution in [3.63, 3.8) is 0 Å². The van der Waals surface area contributed by atoms with Crippen LogP contribution >= 0.6 is 0 Å². The zero-order valence-corrected chi connectivity index (χ0v) is 13.3. The Morgan fingerprint density at radius 1 is 1.10 bits per heavy atom. The van der Waals surface area contributed by atoms with Crippen LogP contribution in [0.3, 0.4) is 0 Å². The van der Waals surface area contributed by atoms with Crippen LogP contribution in [-0.2, 0) is 0 Å². The summed E-state index contributed by atoms with van der Waals surface area (Å²) in [6.45, 7) is 5.42. The van der Waals surface area contributed by atoms with Crippen LogP contribution in [0.15, 0.2) is 12.1 Å². The summed E-state index contributed by atoms with van der Waals surface area (Å²) in [5.74, 6) is 1.24. The lowest BCUT2D eigenvalue weighted by molar-refractivity contribution is 0.0946. The second-order valence-electron chi connectivity index (χ2n) is 4.58. The lowest BCUT2D eigenvalue weighted by atomic mass is 10.1. The first-order valence-corrected chi connectivity index (χ1v) is 6.88. The minimum absolute atomic E-state index is 0.199. The van der Waals surface area contributed by atoms with Crippen LogP contribution in [0.5, 0.6) is 17.2 Å². The first-order valence-electron chi connectivity index (χ1n) is 6.88. The SMILES string of the molecule is CCN[C@H](C)CNC(=O)c1cc(OC)c(OC)cc1OC. The average molecular weight is 296 g/mol. The molecule has 0 bridgehead atoms. The monoisotopic (exact) mass is 296 g/mol. The predicted molar refractivity (Wildman–Crippen MR) is 81.6 cm³/mol. The third kappa shape index (κ3) is 4.53. The molecule has 0 aromatic heterocycles. The summed E-state index contributed by atoms with van der Waals surface area (Å²) in [4.78, 5) is 12.3. The molecule has 21 heavy (non-hydrogen) atoms. The van der Waals surface area contributed by atoms with Crippen LogP contribution < -0.4 is 24.8 Å². The Morgan fingerprint density at radius 3 is 2.19 bits per heavy atom. The van der Waals surface area contributed by atoms with Gasteiger partial charge in [0.25, 0.3) is 5.91 Å². The molecule has 0 aliphatic rings. The number of ether oxygens (including phenoxy) is 3. The number of methoxy groups -OCH3 is 3. The molecule has 0 saturated heterocycles. The van der Waals surface area contributed by atoms with Crippen LogP contribution in [0.2, 0.25) is 0 Å². The number of amides is 1. The number of carbonyl (C=O) groups is 1. The van der Waals surface area contributed by atoms with Crippen molar-refractivity contribution < 1.29 is 19.0 Å². The summed E-state index contributed by atoms with van der Waals surface area (Å²) in [7, 11) is 4.58. The van der Waals surface area contributed by atoms with E-state index in [0.29, 0.717) is 29.4 Å². The second-order valence-corrected chi connectivity index (χ2v) is 4.58. The Labute approximate surface area is 125 Å². The van der Waals surface area contributed by atoms with Crippen LogP contribution in [0.4, 0.5) is 0 Å². The van der Waals surface area contributed by atoms with Crippen molar-refractivity contribution in [1.29, 1.82) is 0 Å². The fourth-order valence-corrected chi connectivity index (χ4v) is 1.97. The molecule has 0 aliphatic heterocycles. The highest BCUT2D eigenvalue weighted by Gasteiger charge is 2.17. The molecule has 0 saturated carbocycles. The average Bonchev–Trinajstić information content (AvgIpc) is 2.51. The van der Waals surface area contributed by atoms with Crippen molar-refractivity contribution in [2.45, 2.75) is 19.9 Å². The molecule has 0 unspecified atom stereocenters. The highest BCUT2D eigenvalue weighted by molar-refractivity contribution is 5.97. The van der Waals surface area contributed by atoms with E-state index < -0.39 is 0 Å². The van der Waals surface area contributed by atoms with Gasteiger partial charge in [-0.25, -0.2) is 0 Å². The lowest BCUT2D eigenvalue weighted by Gasteiger charge is -2.16. The number of hydrogen-bond donors (Lipinski definition) is 2. The number of carbonyl (C=O) groups excluding carboxylic acids is 1. The molecule has 0 aliphatic carbocycles. The van der Waals surface area contributed by atoms with Crippen molar-refractivity contribution in [3.8, 4) is 17.2 Å². The Hall–Kier alpha value is -1.95. The van der Waals surface area contributed by atoms with Gasteiger partial charge in [-0.1, -0.05) is 6.92 Å². The molecule has 0 fully saturated rings. The van der Waals surface area contributed by atoms with Gasteiger partial charge in [0, 0.05) is 24.7 Å². The van der Waals surface area contributed by atoms with E-state index in [1.807, 2.05) is 13.8 Å². The van der Waals surface area contributed by atoms with Gasteiger partial charge in [-0.2, -0.15) is 0 Å². The molecule has 118 valence electrons. The van der Waals surface area contributed by atoms with Gasteiger partial charge in [0.05, 0.1) is 26.9 Å². The van der Waals surface area contributed by atoms with E-state index in [1.54, 1.807) is 12.1 Å². The van der Waals surface area contributed by atoms with E-state index in [4.69, 9.17) is 14.2 Å². The summed E-state index contributed by atoms with van der Waals surface area (Å²) in [5, 5.41) is 6.10. The normalized spacial score (nSPS) is 11.7. The van der Waals surface area contributed by atoms with Crippen molar-refractivity contribution in [1.82, 2.24) is 10.6 Å². The third-order valence-corrected chi connectivity index (χ3v) is 3.07. The molecule has 0 heterocycles. The van der Waals surface area contributed by atoms with Crippen LogP contribution in [0, 0.1) is 0 Å². The lowest BCUT2D eigenvalue weighted by Crippen LogP contribution is -2.38. The molecule has 6 heteroatoms. The van der Waals surface area contributed by atoms with Crippen LogP contribution in [-0.4, -0.2) is 46.4 Å². The van der Waals surface area contributed by atoms with Crippen molar-refractivity contribution in [2.75, 3.05) is 34.4 Å². The quantitative estimate of drug-likeness (QED) is 0.760. The predicted octanol–water partition coefficient (Wildman–Crippen LogP) is 1.44. The van der Waals surface area contributed by atoms with E-state index in [2.05, 4.69) is 10.6 Å². The molecule has 1 atom stereocenters. The first kappa shape index (κ1) is 17.1. The van der Waals surface area contributed by atoms with Gasteiger partial charge < -0.3 is 24.8 Å². The standard InChI is InChI=1S/C15H24N2O4/c1-6-16-10(2)9-17-15(18)11-7-13(20-4)14(21-5)8-12(11)19-3/h7-8,10,16H,6,9H2,1-5H3,(H,17,18)/t10-/m1/s1. The van der Waals surface area contributed by atoms with Crippen molar-refractivity contribution >= 4 is 5.91 Å². The van der Waals surface area contributed by atoms with E-state index in [-0.39, 0.29) is 11.9 Å². The van der Waals surface area contributed by atoms with Gasteiger partial charge in [0.1, 0.15) is 5.75 Å². The summed E-state index contributed by atoms with van der Waals surface area (Å²) < 4.78 is 15.7. The molecular formula is C15H24N2O4. The third-order valence-electron chi connectivity index (χ3n) is 3.07. The summed E-state index contributed by atoms with van der Waals surface area (Å²) >= 11 is 0. The number of rotatable bonds is 8. The molecule has 0 spiro atoms. The molecule has 1 aromatic carbocycles. The van der Waals surface area contributed by atoms with Gasteiger partial charge in [-0.3, -0.25) is 4.79 Å². The molecule has 1 amide bonds. The number of nitrogens with one attached hydrogen (secondary N) is 2. The number of hydrogen-bond acceptors (Lipinski definition) is 5. The van der Waals surface area contributed by atoms with Crippen molar-refractivity contribution in [2.24, 2.45) is 0 Å². The number of benzene rings is 1. The van der Waals surface area contributed by atoms with Gasteiger partial charge in [-0.05, 0) is 13.5 Å². The fraction of sp³-hybridized carbons (Fsp3) is 0.533. The number of likely N-dealkylation sites (N-methyl/N-ethyl adjacent to an activating group) is 1. The maximum Gasteiger partial charge on any atom is 0.255 e. The fourth-order valence-electron chi connectivity index (χ4n) is 1.97. The van der Waals surface area contributed by atoms with Crippen molar-refractivity contribution in [3.05, 3.63) is 17.7 Å². The van der Waals surface area contributed by atoms with Gasteiger partial charge in [0.15, 0.2) is 11.5 Å². The molecular weight excluding hydrogens is 272 g/mol. The highest BCUT2D eigenvalue weighted by Crippen LogP contribution is 2.34. The molecule has 2 N–H and O–H groups in total. The Bertz CT molecular complexity index is 477. The molecule has 1 rings (SSSR count). The van der Waals surface area contributed by atoms with E-state index in [9.17, 15) is 4.79 Å². The molecule has 1 aromatic rings. The maximum absolute atomic E-state index is 12.3. The summed E-state index contributed by atoms with van der Waals surface area (Å²) in [6.07, 6.45) is 0. The largest absolute Gasteiger partial charge is 0.496 e. The zero-order valence-electron chi connectivity index (χ0n) is 13.3. The second kappa shape index (κ2) is 8.36. The highest BCUT2D eigenvalue weighted by atomic mass is 16.5. The first-order chi connectivity index (χ1) is 10.1. The van der Waals surface area contributed by atoms with Crippen LogP contribution in [0.1, 0.15) is 24.2 Å². The maximum atomic E-state index is 12.3. The van der Waals surface area contributed by atoms with Gasteiger partial charge >= 0.3 is 0 Å². The molecule has 0 radical (unpaired) electrons. The topological polar surface area (TPSA) is 68.8 Å². The smallest absolute Gasteiger partial charge is 0.255 e. The summed E-state index contributed by atoms with van der Waals surface area (Å²) in [5.41, 5.74) is 0.416. The van der Waals surface area contributed by atoms with Gasteiger partial charge in [0.2, 0.25) is 0 Å². The Balaban J connectivity index is 2.92. The van der Waals surface area contributed by atoms with E-state index in [0.717, 1.165) is 6.54 Å². The zero-order chi connectivity index (χ0) is 15.8. The molecule has 6 nitrogen and oxygen atoms in total.